The summed E-state index contributed by atoms with van der Waals surface area (Å²) in [4.78, 5) is 41.4. The van der Waals surface area contributed by atoms with E-state index in [0.29, 0.717) is 18.4 Å². The quantitative estimate of drug-likeness (QED) is 0.369. The number of nitrogens with zero attached hydrogens (tertiary/aromatic N) is 1. The first kappa shape index (κ1) is 26.9. The van der Waals surface area contributed by atoms with E-state index in [9.17, 15) is 14.4 Å². The van der Waals surface area contributed by atoms with Crippen LogP contribution in [0.5, 0.6) is 0 Å². The third-order valence-corrected chi connectivity index (χ3v) is 7.60. The average molecular weight is 524 g/mol. The summed E-state index contributed by atoms with van der Waals surface area (Å²) in [6.45, 7) is 9.03. The zero-order valence-corrected chi connectivity index (χ0v) is 23.0. The molecule has 0 bridgehead atoms. The molecule has 2 aliphatic rings. The smallest absolute Gasteiger partial charge is 0.338 e. The van der Waals surface area contributed by atoms with Crippen LogP contribution in [0.2, 0.25) is 0 Å². The average Bonchev–Trinajstić information content (AvgIpc) is 3.24. The molecule has 0 N–H and O–H groups in total. The van der Waals surface area contributed by atoms with Crippen LogP contribution >= 0.6 is 11.6 Å². The summed E-state index contributed by atoms with van der Waals surface area (Å²) in [5.41, 5.74) is 4.12. The van der Waals surface area contributed by atoms with Crippen molar-refractivity contribution in [3.63, 3.8) is 0 Å². The zero-order chi connectivity index (χ0) is 27.1. The van der Waals surface area contributed by atoms with Gasteiger partial charge in [0.05, 0.1) is 24.1 Å². The Kier molecular flexibility index (Phi) is 7.26. The van der Waals surface area contributed by atoms with Crippen molar-refractivity contribution < 1.29 is 23.9 Å². The number of alkyl halides is 1. The van der Waals surface area contributed by atoms with E-state index in [1.54, 1.807) is 30.9 Å². The molecule has 0 aromatic heterocycles. The standard InChI is InChI=1S/C30H34ClNO5/c1-29(2,3)37-26(33)19-13-11-18(12-14-19)25-23-15-20-9-7-8-10-21(20)22(23)16-24(27(34)36-6)32(25)28(35)30(4,5)17-31/h7-14,24-25H,15-17H2,1-6H3/t24-,25+/m1/s1. The van der Waals surface area contributed by atoms with E-state index in [-0.39, 0.29) is 11.8 Å². The van der Waals surface area contributed by atoms with Gasteiger partial charge in [0, 0.05) is 12.3 Å². The van der Waals surface area contributed by atoms with Crippen molar-refractivity contribution in [2.75, 3.05) is 13.0 Å². The van der Waals surface area contributed by atoms with Crippen LogP contribution in [0, 0.1) is 5.41 Å². The number of halogens is 1. The Labute approximate surface area is 223 Å². The molecule has 4 rings (SSSR count). The topological polar surface area (TPSA) is 72.9 Å². The van der Waals surface area contributed by atoms with Crippen LogP contribution < -0.4 is 0 Å². The molecule has 2 atom stereocenters. The van der Waals surface area contributed by atoms with Crippen LogP contribution in [0.3, 0.4) is 0 Å². The molecule has 0 unspecified atom stereocenters. The van der Waals surface area contributed by atoms with Crippen LogP contribution in [-0.2, 0) is 25.5 Å². The molecule has 0 spiro atoms. The van der Waals surface area contributed by atoms with Gasteiger partial charge in [-0.1, -0.05) is 36.4 Å². The molecule has 196 valence electrons. The van der Waals surface area contributed by atoms with Gasteiger partial charge in [-0.25, -0.2) is 9.59 Å². The van der Waals surface area contributed by atoms with Crippen molar-refractivity contribution in [3.8, 4) is 0 Å². The Morgan fingerprint density at radius 2 is 1.65 bits per heavy atom. The summed E-state index contributed by atoms with van der Waals surface area (Å²) in [6.07, 6.45) is 1.04. The number of hydrogen-bond acceptors (Lipinski definition) is 5. The molecule has 6 nitrogen and oxygen atoms in total. The Balaban J connectivity index is 1.85. The van der Waals surface area contributed by atoms with Crippen molar-refractivity contribution in [1.82, 2.24) is 4.90 Å². The van der Waals surface area contributed by atoms with Gasteiger partial charge in [0.2, 0.25) is 5.91 Å². The van der Waals surface area contributed by atoms with E-state index in [2.05, 4.69) is 12.1 Å². The van der Waals surface area contributed by atoms with E-state index in [0.717, 1.165) is 27.8 Å². The first-order chi connectivity index (χ1) is 17.4. The van der Waals surface area contributed by atoms with Gasteiger partial charge in [0.1, 0.15) is 11.6 Å². The van der Waals surface area contributed by atoms with E-state index >= 15 is 0 Å². The minimum atomic E-state index is -0.897. The van der Waals surface area contributed by atoms with Crippen LogP contribution in [0.25, 0.3) is 5.57 Å². The van der Waals surface area contributed by atoms with Gasteiger partial charge in [-0.05, 0) is 81.0 Å². The largest absolute Gasteiger partial charge is 0.467 e. The van der Waals surface area contributed by atoms with Crippen molar-refractivity contribution in [3.05, 3.63) is 76.4 Å². The SMILES string of the molecule is COC(=O)[C@H]1CC2=C(Cc3ccccc32)[C@H](c2ccc(C(=O)OC(C)(C)C)cc2)N1C(=O)C(C)(C)CCl. The summed E-state index contributed by atoms with van der Waals surface area (Å²) in [5, 5.41) is 0. The van der Waals surface area contributed by atoms with Crippen LogP contribution in [0.15, 0.2) is 54.1 Å². The van der Waals surface area contributed by atoms with Crippen LogP contribution in [0.1, 0.15) is 74.1 Å². The summed E-state index contributed by atoms with van der Waals surface area (Å²) in [6, 6.07) is 13.9. The van der Waals surface area contributed by atoms with E-state index < -0.39 is 35.0 Å². The Morgan fingerprint density at radius 1 is 1.00 bits per heavy atom. The van der Waals surface area contributed by atoms with Gasteiger partial charge in [0.15, 0.2) is 0 Å². The number of esters is 2. The highest BCUT2D eigenvalue weighted by atomic mass is 35.5. The third-order valence-electron chi connectivity index (χ3n) is 6.93. The maximum Gasteiger partial charge on any atom is 0.338 e. The van der Waals surface area contributed by atoms with Gasteiger partial charge >= 0.3 is 11.9 Å². The van der Waals surface area contributed by atoms with E-state index in [4.69, 9.17) is 21.1 Å². The molecule has 1 heterocycles. The first-order valence-electron chi connectivity index (χ1n) is 12.5. The van der Waals surface area contributed by atoms with Crippen molar-refractivity contribution in [2.45, 2.75) is 65.1 Å². The monoisotopic (exact) mass is 523 g/mol. The number of amides is 1. The second-order valence-corrected chi connectivity index (χ2v) is 11.6. The number of carbonyl (C=O) groups excluding carboxylic acids is 3. The summed E-state index contributed by atoms with van der Waals surface area (Å²) in [5.74, 6) is -1.00. The molecule has 1 aliphatic heterocycles. The van der Waals surface area contributed by atoms with Crippen molar-refractivity contribution in [1.29, 1.82) is 0 Å². The molecular weight excluding hydrogens is 490 g/mol. The Morgan fingerprint density at radius 3 is 2.24 bits per heavy atom. The second kappa shape index (κ2) is 9.97. The maximum atomic E-state index is 14.0. The fraction of sp³-hybridized carbons (Fsp3) is 0.433. The number of fused-ring (bicyclic) bond motifs is 2. The molecule has 0 fully saturated rings. The molecule has 0 saturated carbocycles. The molecular formula is C30H34ClNO5. The number of benzene rings is 2. The lowest BCUT2D eigenvalue weighted by atomic mass is 9.82. The summed E-state index contributed by atoms with van der Waals surface area (Å²) >= 11 is 6.23. The van der Waals surface area contributed by atoms with E-state index in [1.807, 2.05) is 45.0 Å². The molecule has 0 radical (unpaired) electrons. The summed E-state index contributed by atoms with van der Waals surface area (Å²) < 4.78 is 10.7. The fourth-order valence-electron chi connectivity index (χ4n) is 5.09. The number of methoxy groups -OCH3 is 1. The molecule has 2 aromatic carbocycles. The van der Waals surface area contributed by atoms with Gasteiger partial charge < -0.3 is 14.4 Å². The number of hydrogen-bond donors (Lipinski definition) is 0. The minimum Gasteiger partial charge on any atom is -0.467 e. The van der Waals surface area contributed by atoms with Crippen LogP contribution in [-0.4, -0.2) is 47.4 Å². The van der Waals surface area contributed by atoms with Gasteiger partial charge in [-0.15, -0.1) is 11.6 Å². The summed E-state index contributed by atoms with van der Waals surface area (Å²) in [7, 11) is 1.34. The molecule has 1 aliphatic carbocycles. The predicted molar refractivity (Wildman–Crippen MR) is 143 cm³/mol. The highest BCUT2D eigenvalue weighted by Crippen LogP contribution is 2.50. The van der Waals surface area contributed by atoms with Gasteiger partial charge in [0.25, 0.3) is 0 Å². The van der Waals surface area contributed by atoms with Gasteiger partial charge in [-0.2, -0.15) is 0 Å². The number of carbonyl (C=O) groups is 3. The zero-order valence-electron chi connectivity index (χ0n) is 22.3. The first-order valence-corrected chi connectivity index (χ1v) is 13.0. The van der Waals surface area contributed by atoms with Crippen molar-refractivity contribution in [2.24, 2.45) is 5.41 Å². The molecule has 0 saturated heterocycles. The number of rotatable bonds is 5. The van der Waals surface area contributed by atoms with Crippen molar-refractivity contribution >= 4 is 35.0 Å². The molecule has 37 heavy (non-hydrogen) atoms. The lowest BCUT2D eigenvalue weighted by molar-refractivity contribution is -0.158. The lowest BCUT2D eigenvalue weighted by Gasteiger charge is -2.45. The van der Waals surface area contributed by atoms with E-state index in [1.165, 1.54) is 7.11 Å². The normalized spacial score (nSPS) is 19.3. The lowest BCUT2D eigenvalue weighted by Crippen LogP contribution is -2.54. The second-order valence-electron chi connectivity index (χ2n) is 11.3. The van der Waals surface area contributed by atoms with Crippen LogP contribution in [0.4, 0.5) is 0 Å². The molecule has 2 aromatic rings. The highest BCUT2D eigenvalue weighted by molar-refractivity contribution is 6.20. The van der Waals surface area contributed by atoms with Gasteiger partial charge in [-0.3, -0.25) is 4.79 Å². The highest BCUT2D eigenvalue weighted by Gasteiger charge is 2.48. The third kappa shape index (κ3) is 5.17. The molecule has 7 heteroatoms. The minimum absolute atomic E-state index is 0.104. The Hall–Kier alpha value is -3.12. The maximum absolute atomic E-state index is 14.0. The fourth-order valence-corrected chi connectivity index (χ4v) is 5.21. The predicted octanol–water partition coefficient (Wildman–Crippen LogP) is 5.73. The number of ether oxygens (including phenoxy) is 2. The molecule has 1 amide bonds. The Bertz CT molecular complexity index is 1260.